The molecule has 0 atom stereocenters. The Kier molecular flexibility index (Phi) is 4.61. The Morgan fingerprint density at radius 2 is 2.10 bits per heavy atom. The zero-order chi connectivity index (χ0) is 15.5. The van der Waals surface area contributed by atoms with Crippen LogP contribution >= 0.6 is 11.3 Å². The molecule has 0 aliphatic carbocycles. The molecule has 21 heavy (non-hydrogen) atoms. The average Bonchev–Trinajstić information content (AvgIpc) is 2.89. The highest BCUT2D eigenvalue weighted by molar-refractivity contribution is 7.94. The van der Waals surface area contributed by atoms with E-state index in [-0.39, 0.29) is 9.77 Å². The van der Waals surface area contributed by atoms with Gasteiger partial charge in [-0.15, -0.1) is 11.3 Å². The number of carboxylic acid groups (broad SMARTS) is 1. The molecule has 0 aliphatic rings. The molecule has 0 spiro atoms. The zero-order valence-electron chi connectivity index (χ0n) is 11.2. The lowest BCUT2D eigenvalue weighted by molar-refractivity contribution is 0.0697. The molecule has 1 aromatic heterocycles. The van der Waals surface area contributed by atoms with E-state index in [0.717, 1.165) is 23.0 Å². The number of aromatic carboxylic acids is 1. The van der Waals surface area contributed by atoms with Gasteiger partial charge in [0.1, 0.15) is 4.21 Å². The minimum absolute atomic E-state index is 0.0288. The largest absolute Gasteiger partial charge is 0.478 e. The van der Waals surface area contributed by atoms with Gasteiger partial charge in [0.05, 0.1) is 5.56 Å². The van der Waals surface area contributed by atoms with Gasteiger partial charge in [-0.05, 0) is 30.8 Å². The fourth-order valence-electron chi connectivity index (χ4n) is 1.72. The van der Waals surface area contributed by atoms with Crippen LogP contribution in [0.5, 0.6) is 0 Å². The first-order valence-corrected chi connectivity index (χ1v) is 8.37. The SMILES string of the molecule is CNCc1cccc(NS(=O)(=O)c2cc(C(=O)O)cs2)c1. The maximum atomic E-state index is 12.2. The molecule has 0 aliphatic heterocycles. The van der Waals surface area contributed by atoms with Crippen molar-refractivity contribution in [2.24, 2.45) is 0 Å². The van der Waals surface area contributed by atoms with Crippen molar-refractivity contribution >= 4 is 33.0 Å². The van der Waals surface area contributed by atoms with Crippen molar-refractivity contribution < 1.29 is 18.3 Å². The van der Waals surface area contributed by atoms with Crippen LogP contribution in [0, 0.1) is 0 Å². The van der Waals surface area contributed by atoms with Gasteiger partial charge in [-0.1, -0.05) is 12.1 Å². The van der Waals surface area contributed by atoms with E-state index in [0.29, 0.717) is 12.2 Å². The molecular formula is C13H14N2O4S2. The summed E-state index contributed by atoms with van der Waals surface area (Å²) in [5.41, 5.74) is 1.34. The first-order valence-electron chi connectivity index (χ1n) is 6.00. The lowest BCUT2D eigenvalue weighted by atomic mass is 10.2. The van der Waals surface area contributed by atoms with Gasteiger partial charge in [0.25, 0.3) is 10.0 Å². The Labute approximate surface area is 126 Å². The third kappa shape index (κ3) is 3.81. The third-order valence-electron chi connectivity index (χ3n) is 2.65. The van der Waals surface area contributed by atoms with Gasteiger partial charge >= 0.3 is 5.97 Å². The molecule has 0 saturated carbocycles. The summed E-state index contributed by atoms with van der Waals surface area (Å²) in [7, 11) is -1.97. The van der Waals surface area contributed by atoms with Gasteiger partial charge in [0, 0.05) is 17.6 Å². The predicted octanol–water partition coefficient (Wildman–Crippen LogP) is 1.97. The van der Waals surface area contributed by atoms with Crippen LogP contribution in [0.2, 0.25) is 0 Å². The molecule has 1 heterocycles. The van der Waals surface area contributed by atoms with E-state index in [4.69, 9.17) is 5.11 Å². The van der Waals surface area contributed by atoms with Crippen molar-refractivity contribution in [1.82, 2.24) is 5.32 Å². The third-order valence-corrected chi connectivity index (χ3v) is 5.47. The molecule has 0 amide bonds. The summed E-state index contributed by atoms with van der Waals surface area (Å²) >= 11 is 0.875. The van der Waals surface area contributed by atoms with Gasteiger partial charge in [0.15, 0.2) is 0 Å². The average molecular weight is 326 g/mol. The number of nitrogens with one attached hydrogen (secondary N) is 2. The first kappa shape index (κ1) is 15.5. The number of carboxylic acids is 1. The Balaban J connectivity index is 2.24. The highest BCUT2D eigenvalue weighted by Gasteiger charge is 2.19. The van der Waals surface area contributed by atoms with Gasteiger partial charge in [-0.2, -0.15) is 0 Å². The van der Waals surface area contributed by atoms with Crippen LogP contribution in [0.4, 0.5) is 5.69 Å². The van der Waals surface area contributed by atoms with E-state index >= 15 is 0 Å². The Hall–Kier alpha value is -1.90. The van der Waals surface area contributed by atoms with Crippen LogP contribution in [-0.4, -0.2) is 26.5 Å². The van der Waals surface area contributed by atoms with Crippen LogP contribution < -0.4 is 10.0 Å². The normalized spacial score (nSPS) is 11.3. The maximum Gasteiger partial charge on any atom is 0.336 e. The van der Waals surface area contributed by atoms with Gasteiger partial charge in [-0.3, -0.25) is 4.72 Å². The zero-order valence-corrected chi connectivity index (χ0v) is 12.8. The summed E-state index contributed by atoms with van der Waals surface area (Å²) in [5, 5.41) is 13.1. The number of carbonyl (C=O) groups is 1. The molecule has 0 bridgehead atoms. The summed E-state index contributed by atoms with van der Waals surface area (Å²) in [6.45, 7) is 0.623. The smallest absolute Gasteiger partial charge is 0.336 e. The quantitative estimate of drug-likeness (QED) is 0.754. The van der Waals surface area contributed by atoms with Crippen LogP contribution in [-0.2, 0) is 16.6 Å². The molecule has 2 aromatic rings. The maximum absolute atomic E-state index is 12.2. The number of hydrogen-bond donors (Lipinski definition) is 3. The molecular weight excluding hydrogens is 312 g/mol. The minimum atomic E-state index is -3.77. The van der Waals surface area contributed by atoms with Crippen molar-refractivity contribution in [3.8, 4) is 0 Å². The fourth-order valence-corrected chi connectivity index (χ4v) is 3.93. The lowest BCUT2D eigenvalue weighted by Gasteiger charge is -2.08. The summed E-state index contributed by atoms with van der Waals surface area (Å²) in [4.78, 5) is 10.8. The first-order chi connectivity index (χ1) is 9.92. The van der Waals surface area contributed by atoms with Gasteiger partial charge < -0.3 is 10.4 Å². The highest BCUT2D eigenvalue weighted by atomic mass is 32.2. The minimum Gasteiger partial charge on any atom is -0.478 e. The van der Waals surface area contributed by atoms with Crippen molar-refractivity contribution in [2.45, 2.75) is 10.8 Å². The molecule has 0 radical (unpaired) electrons. The van der Waals surface area contributed by atoms with Crippen molar-refractivity contribution in [2.75, 3.05) is 11.8 Å². The number of benzene rings is 1. The van der Waals surface area contributed by atoms with Crippen molar-refractivity contribution in [3.63, 3.8) is 0 Å². The molecule has 6 nitrogen and oxygen atoms in total. The number of thiophene rings is 1. The Morgan fingerprint density at radius 3 is 2.71 bits per heavy atom. The van der Waals surface area contributed by atoms with E-state index in [1.54, 1.807) is 25.2 Å². The number of anilines is 1. The second-order valence-corrected chi connectivity index (χ2v) is 7.12. The van der Waals surface area contributed by atoms with Crippen LogP contribution in [0.1, 0.15) is 15.9 Å². The van der Waals surface area contributed by atoms with E-state index in [1.807, 2.05) is 6.07 Å². The second-order valence-electron chi connectivity index (χ2n) is 4.30. The van der Waals surface area contributed by atoms with E-state index in [2.05, 4.69) is 10.0 Å². The Bertz CT molecular complexity index is 753. The number of sulfonamides is 1. The Morgan fingerprint density at radius 1 is 1.33 bits per heavy atom. The number of rotatable bonds is 6. The summed E-state index contributed by atoms with van der Waals surface area (Å²) in [6, 6.07) is 8.14. The molecule has 0 saturated heterocycles. The monoisotopic (exact) mass is 326 g/mol. The summed E-state index contributed by atoms with van der Waals surface area (Å²) < 4.78 is 26.8. The molecule has 0 fully saturated rings. The standard InChI is InChI=1S/C13H14N2O4S2/c1-14-7-9-3-2-4-11(5-9)15-21(18,19)12-6-10(8-20-12)13(16)17/h2-6,8,14-15H,7H2,1H3,(H,16,17). The van der Waals surface area contributed by atoms with Crippen molar-refractivity contribution in [1.29, 1.82) is 0 Å². The second kappa shape index (κ2) is 6.25. The topological polar surface area (TPSA) is 95.5 Å². The van der Waals surface area contributed by atoms with Crippen LogP contribution in [0.25, 0.3) is 0 Å². The predicted molar refractivity (Wildman–Crippen MR) is 81.3 cm³/mol. The van der Waals surface area contributed by atoms with Crippen LogP contribution in [0.15, 0.2) is 39.9 Å². The lowest BCUT2D eigenvalue weighted by Crippen LogP contribution is -2.12. The molecule has 8 heteroatoms. The molecule has 112 valence electrons. The van der Waals surface area contributed by atoms with E-state index in [1.165, 1.54) is 5.38 Å². The number of hydrogen-bond acceptors (Lipinski definition) is 5. The summed E-state index contributed by atoms with van der Waals surface area (Å²) in [6.07, 6.45) is 0. The van der Waals surface area contributed by atoms with Crippen molar-refractivity contribution in [3.05, 3.63) is 46.8 Å². The molecule has 1 aromatic carbocycles. The molecule has 2 rings (SSSR count). The van der Waals surface area contributed by atoms with E-state index in [9.17, 15) is 13.2 Å². The summed E-state index contributed by atoms with van der Waals surface area (Å²) in [5.74, 6) is -1.15. The van der Waals surface area contributed by atoms with Gasteiger partial charge in [0.2, 0.25) is 0 Å². The van der Waals surface area contributed by atoms with Gasteiger partial charge in [-0.25, -0.2) is 13.2 Å². The van der Waals surface area contributed by atoms with E-state index < -0.39 is 16.0 Å². The molecule has 0 unspecified atom stereocenters. The fraction of sp³-hybridized carbons (Fsp3) is 0.154. The highest BCUT2D eigenvalue weighted by Crippen LogP contribution is 2.23. The molecule has 3 N–H and O–H groups in total. The van der Waals surface area contributed by atoms with Crippen LogP contribution in [0.3, 0.4) is 0 Å².